The minimum absolute atomic E-state index is 0.0802. The van der Waals surface area contributed by atoms with Crippen LogP contribution in [0.3, 0.4) is 0 Å². The van der Waals surface area contributed by atoms with Gasteiger partial charge in [-0.05, 0) is 24.8 Å². The average molecular weight is 333 g/mol. The van der Waals surface area contributed by atoms with E-state index in [4.69, 9.17) is 0 Å². The van der Waals surface area contributed by atoms with Crippen LogP contribution >= 0.6 is 11.3 Å². The molecule has 0 saturated heterocycles. The van der Waals surface area contributed by atoms with Crippen LogP contribution in [0.4, 0.5) is 0 Å². The van der Waals surface area contributed by atoms with Crippen LogP contribution in [0.15, 0.2) is 11.1 Å². The second-order valence-electron chi connectivity index (χ2n) is 6.45. The van der Waals surface area contributed by atoms with E-state index < -0.39 is 0 Å². The van der Waals surface area contributed by atoms with E-state index in [0.29, 0.717) is 21.6 Å². The molecule has 0 radical (unpaired) electrons. The molecule has 124 valence electrons. The van der Waals surface area contributed by atoms with Crippen LogP contribution in [-0.2, 0) is 7.05 Å². The highest BCUT2D eigenvalue weighted by molar-refractivity contribution is 7.20. The van der Waals surface area contributed by atoms with Crippen LogP contribution in [-0.4, -0.2) is 22.0 Å². The molecule has 1 N–H and O–H groups in total. The minimum atomic E-state index is -0.0926. The van der Waals surface area contributed by atoms with Crippen molar-refractivity contribution in [1.29, 1.82) is 0 Å². The molecule has 2 aromatic heterocycles. The smallest absolute Gasteiger partial charge is 0.262 e. The second kappa shape index (κ2) is 6.83. The monoisotopic (exact) mass is 333 g/mol. The zero-order valence-electron chi connectivity index (χ0n) is 13.7. The molecule has 0 bridgehead atoms. The molecular formula is C17H23N3O2S. The summed E-state index contributed by atoms with van der Waals surface area (Å²) in [5.41, 5.74) is 0.652. The van der Waals surface area contributed by atoms with Crippen LogP contribution in [0, 0.1) is 12.8 Å². The van der Waals surface area contributed by atoms with Crippen molar-refractivity contribution in [2.75, 3.05) is 6.54 Å². The van der Waals surface area contributed by atoms with Crippen LogP contribution < -0.4 is 10.9 Å². The Hall–Kier alpha value is -1.69. The van der Waals surface area contributed by atoms with Gasteiger partial charge in [-0.2, -0.15) is 0 Å². The van der Waals surface area contributed by atoms with Crippen molar-refractivity contribution in [3.05, 3.63) is 27.1 Å². The number of fused-ring (bicyclic) bond motifs is 1. The third kappa shape index (κ3) is 3.32. The Morgan fingerprint density at radius 1 is 1.39 bits per heavy atom. The number of amides is 1. The molecule has 1 aliphatic carbocycles. The fourth-order valence-corrected chi connectivity index (χ4v) is 4.43. The highest BCUT2D eigenvalue weighted by Crippen LogP contribution is 2.27. The third-order valence-corrected chi connectivity index (χ3v) is 5.98. The first kappa shape index (κ1) is 16.2. The molecule has 1 saturated carbocycles. The molecule has 5 nitrogen and oxygen atoms in total. The highest BCUT2D eigenvalue weighted by atomic mass is 32.1. The number of thiophene rings is 1. The van der Waals surface area contributed by atoms with Gasteiger partial charge in [-0.15, -0.1) is 11.3 Å². The van der Waals surface area contributed by atoms with E-state index >= 15 is 0 Å². The molecule has 1 aliphatic rings. The van der Waals surface area contributed by atoms with Gasteiger partial charge >= 0.3 is 0 Å². The first-order chi connectivity index (χ1) is 11.1. The summed E-state index contributed by atoms with van der Waals surface area (Å²) in [6, 6.07) is 0. The highest BCUT2D eigenvalue weighted by Gasteiger charge is 2.19. The van der Waals surface area contributed by atoms with Gasteiger partial charge in [-0.3, -0.25) is 9.59 Å². The zero-order chi connectivity index (χ0) is 16.4. The Kier molecular flexibility index (Phi) is 4.80. The summed E-state index contributed by atoms with van der Waals surface area (Å²) in [6.07, 6.45) is 9.13. The standard InChI is InChI=1S/C17H23N3O2S/c1-11-13-16(19-10-20(2)17(13)22)23-14(11)15(21)18-9-8-12-6-4-3-5-7-12/h10,12H,3-9H2,1-2H3,(H,18,21). The maximum absolute atomic E-state index is 12.4. The lowest BCUT2D eigenvalue weighted by molar-refractivity contribution is 0.0954. The quantitative estimate of drug-likeness (QED) is 0.935. The molecule has 2 aromatic rings. The van der Waals surface area contributed by atoms with Crippen molar-refractivity contribution in [2.45, 2.75) is 45.4 Å². The topological polar surface area (TPSA) is 64.0 Å². The molecule has 0 aliphatic heterocycles. The number of nitrogens with zero attached hydrogens (tertiary/aromatic N) is 2. The Morgan fingerprint density at radius 2 is 2.13 bits per heavy atom. The molecule has 0 spiro atoms. The average Bonchev–Trinajstić information content (AvgIpc) is 2.89. The van der Waals surface area contributed by atoms with Crippen molar-refractivity contribution in [3.8, 4) is 0 Å². The molecule has 0 aromatic carbocycles. The molecule has 1 amide bonds. The molecule has 0 atom stereocenters. The first-order valence-electron chi connectivity index (χ1n) is 8.31. The summed E-state index contributed by atoms with van der Waals surface area (Å²) >= 11 is 1.30. The number of hydrogen-bond donors (Lipinski definition) is 1. The maximum Gasteiger partial charge on any atom is 0.262 e. The van der Waals surface area contributed by atoms with Crippen molar-refractivity contribution in [3.63, 3.8) is 0 Å². The van der Waals surface area contributed by atoms with Crippen LogP contribution in [0.1, 0.15) is 53.8 Å². The molecule has 0 unspecified atom stereocenters. The van der Waals surface area contributed by atoms with Crippen LogP contribution in [0.5, 0.6) is 0 Å². The number of carbonyl (C=O) groups is 1. The molecule has 2 heterocycles. The summed E-state index contributed by atoms with van der Waals surface area (Å²) in [6.45, 7) is 2.54. The summed E-state index contributed by atoms with van der Waals surface area (Å²) in [7, 11) is 1.68. The summed E-state index contributed by atoms with van der Waals surface area (Å²) in [5, 5.41) is 3.58. The van der Waals surface area contributed by atoms with E-state index in [1.165, 1.54) is 54.3 Å². The Morgan fingerprint density at radius 3 is 2.87 bits per heavy atom. The lowest BCUT2D eigenvalue weighted by Crippen LogP contribution is -2.26. The van der Waals surface area contributed by atoms with Crippen LogP contribution in [0.25, 0.3) is 10.2 Å². The number of aryl methyl sites for hydroxylation is 2. The fourth-order valence-electron chi connectivity index (χ4n) is 3.37. The van der Waals surface area contributed by atoms with Gasteiger partial charge < -0.3 is 9.88 Å². The van der Waals surface area contributed by atoms with Gasteiger partial charge in [0.1, 0.15) is 4.83 Å². The lowest BCUT2D eigenvalue weighted by atomic mass is 9.87. The largest absolute Gasteiger partial charge is 0.351 e. The van der Waals surface area contributed by atoms with E-state index in [-0.39, 0.29) is 11.5 Å². The Labute approximate surface area is 139 Å². The fraction of sp³-hybridized carbons (Fsp3) is 0.588. The Balaban J connectivity index is 1.70. The number of carbonyl (C=O) groups excluding carboxylic acids is 1. The normalized spacial score (nSPS) is 15.9. The number of rotatable bonds is 4. The molecule has 6 heteroatoms. The SMILES string of the molecule is Cc1c(C(=O)NCCC2CCCCC2)sc2ncn(C)c(=O)c12. The second-order valence-corrected chi connectivity index (χ2v) is 7.44. The zero-order valence-corrected chi connectivity index (χ0v) is 14.5. The molecular weight excluding hydrogens is 310 g/mol. The number of aromatic nitrogens is 2. The minimum Gasteiger partial charge on any atom is -0.351 e. The van der Waals surface area contributed by atoms with Crippen molar-refractivity contribution in [2.24, 2.45) is 13.0 Å². The van der Waals surface area contributed by atoms with Gasteiger partial charge in [-0.1, -0.05) is 32.1 Å². The van der Waals surface area contributed by atoms with Gasteiger partial charge in [0.05, 0.1) is 16.6 Å². The van der Waals surface area contributed by atoms with Crippen molar-refractivity contribution < 1.29 is 4.79 Å². The molecule has 3 rings (SSSR count). The van der Waals surface area contributed by atoms with Gasteiger partial charge in [-0.25, -0.2) is 4.98 Å². The van der Waals surface area contributed by atoms with Gasteiger partial charge in [0.2, 0.25) is 0 Å². The maximum atomic E-state index is 12.4. The van der Waals surface area contributed by atoms with E-state index in [9.17, 15) is 9.59 Å². The number of hydrogen-bond acceptors (Lipinski definition) is 4. The van der Waals surface area contributed by atoms with Crippen molar-refractivity contribution >= 4 is 27.5 Å². The summed E-state index contributed by atoms with van der Waals surface area (Å²) in [5.74, 6) is 0.671. The predicted octanol–water partition coefficient (Wildman–Crippen LogP) is 3.00. The molecule has 1 fully saturated rings. The summed E-state index contributed by atoms with van der Waals surface area (Å²) < 4.78 is 1.45. The van der Waals surface area contributed by atoms with Gasteiger partial charge in [0.15, 0.2) is 0 Å². The number of nitrogens with one attached hydrogen (secondary N) is 1. The van der Waals surface area contributed by atoms with E-state index in [1.807, 2.05) is 6.92 Å². The van der Waals surface area contributed by atoms with E-state index in [1.54, 1.807) is 7.05 Å². The lowest BCUT2D eigenvalue weighted by Gasteiger charge is -2.21. The molecule has 23 heavy (non-hydrogen) atoms. The van der Waals surface area contributed by atoms with Crippen molar-refractivity contribution in [1.82, 2.24) is 14.9 Å². The summed E-state index contributed by atoms with van der Waals surface area (Å²) in [4.78, 5) is 30.2. The van der Waals surface area contributed by atoms with Gasteiger partial charge in [0.25, 0.3) is 11.5 Å². The van der Waals surface area contributed by atoms with E-state index in [0.717, 1.165) is 17.9 Å². The van der Waals surface area contributed by atoms with Crippen LogP contribution in [0.2, 0.25) is 0 Å². The third-order valence-electron chi connectivity index (χ3n) is 4.78. The van der Waals surface area contributed by atoms with Gasteiger partial charge in [0, 0.05) is 13.6 Å². The van der Waals surface area contributed by atoms with E-state index in [2.05, 4.69) is 10.3 Å². The predicted molar refractivity (Wildman–Crippen MR) is 93.1 cm³/mol. The first-order valence-corrected chi connectivity index (χ1v) is 9.12. The Bertz CT molecular complexity index is 772.